The minimum absolute atomic E-state index is 0.0320. The van der Waals surface area contributed by atoms with Crippen molar-refractivity contribution in [1.29, 1.82) is 0 Å². The van der Waals surface area contributed by atoms with E-state index in [9.17, 15) is 4.79 Å². The minimum atomic E-state index is -1.98. The summed E-state index contributed by atoms with van der Waals surface area (Å²) in [7, 11) is 0. The molecule has 0 saturated heterocycles. The van der Waals surface area contributed by atoms with Crippen molar-refractivity contribution in [2.45, 2.75) is 57.6 Å². The van der Waals surface area contributed by atoms with E-state index < -0.39 is 36.9 Å². The van der Waals surface area contributed by atoms with Crippen molar-refractivity contribution in [2.24, 2.45) is 5.73 Å². The van der Waals surface area contributed by atoms with E-state index in [2.05, 4.69) is 50.0 Å². The van der Waals surface area contributed by atoms with Gasteiger partial charge < -0.3 is 41.3 Å². The number of carbonyl (C=O) groups is 1. The third kappa shape index (κ3) is 6.98. The number of hydrogen-bond donors (Lipinski definition) is 7. The number of rotatable bonds is 7. The Morgan fingerprint density at radius 1 is 1.21 bits per heavy atom. The number of aliphatic hydroxyl groups excluding tert-OH is 5. The van der Waals surface area contributed by atoms with Crippen molar-refractivity contribution < 1.29 is 35.1 Å². The second-order valence-electron chi connectivity index (χ2n) is 7.39. The number of ether oxygens (including phenoxy) is 1. The number of allylic oxidation sites excluding steroid dienone is 1. The van der Waals surface area contributed by atoms with Gasteiger partial charge in [0.15, 0.2) is 6.10 Å². The highest BCUT2D eigenvalue weighted by atomic mass is 16.5. The molecule has 0 fully saturated rings. The maximum atomic E-state index is 10.3. The molecule has 0 aliphatic carbocycles. The maximum Gasteiger partial charge on any atom is 0.249 e. The summed E-state index contributed by atoms with van der Waals surface area (Å²) in [5.41, 5.74) is 8.38. The van der Waals surface area contributed by atoms with Crippen LogP contribution in [0.3, 0.4) is 0 Å². The predicted octanol–water partition coefficient (Wildman–Crippen LogP) is -0.400. The number of hydrogen-bond acceptors (Lipinski definition) is 8. The molecule has 4 atom stereocenters. The number of fused-ring (bicyclic) bond motifs is 1. The summed E-state index contributed by atoms with van der Waals surface area (Å²) in [4.78, 5) is 10.3. The monoisotopic (exact) mass is 412 g/mol. The highest BCUT2D eigenvalue weighted by Crippen LogP contribution is 2.35. The van der Waals surface area contributed by atoms with Crippen molar-refractivity contribution in [3.8, 4) is 5.75 Å². The van der Waals surface area contributed by atoms with E-state index in [1.54, 1.807) is 0 Å². The summed E-state index contributed by atoms with van der Waals surface area (Å²) < 4.78 is 5.52. The number of benzene rings is 1. The molecule has 29 heavy (non-hydrogen) atoms. The molecular weight excluding hydrogens is 380 g/mol. The molecule has 9 nitrogen and oxygen atoms in total. The SMILES string of the molecule is CCOc1ccc2c(c1)C(C)=CC(C)(C)N2.NC(=O)[C@H](O)[C@@H](O)[C@H](O)[C@H](O)CO. The molecule has 1 aliphatic rings. The Bertz CT molecular complexity index is 721. The lowest BCUT2D eigenvalue weighted by molar-refractivity contribution is -0.146. The molecule has 2 rings (SSSR count). The van der Waals surface area contributed by atoms with E-state index in [0.717, 1.165) is 5.75 Å². The van der Waals surface area contributed by atoms with Crippen molar-refractivity contribution in [2.75, 3.05) is 18.5 Å². The number of carbonyl (C=O) groups excluding carboxylic acids is 1. The van der Waals surface area contributed by atoms with Crippen LogP contribution >= 0.6 is 0 Å². The molecule has 164 valence electrons. The van der Waals surface area contributed by atoms with Crippen LogP contribution in [0.25, 0.3) is 5.57 Å². The van der Waals surface area contributed by atoms with E-state index in [1.807, 2.05) is 13.0 Å². The van der Waals surface area contributed by atoms with E-state index in [4.69, 9.17) is 30.3 Å². The summed E-state index contributed by atoms with van der Waals surface area (Å²) in [5.74, 6) is -0.285. The summed E-state index contributed by atoms with van der Waals surface area (Å²) >= 11 is 0. The molecule has 0 bridgehead atoms. The number of aliphatic hydroxyl groups is 5. The van der Waals surface area contributed by atoms with Crippen LogP contribution in [0.1, 0.15) is 33.3 Å². The third-order valence-electron chi connectivity index (χ3n) is 4.31. The zero-order chi connectivity index (χ0) is 22.4. The van der Waals surface area contributed by atoms with Gasteiger partial charge in [0, 0.05) is 11.3 Å². The van der Waals surface area contributed by atoms with Crippen molar-refractivity contribution in [3.05, 3.63) is 29.8 Å². The maximum absolute atomic E-state index is 10.3. The molecule has 1 aliphatic heterocycles. The van der Waals surface area contributed by atoms with Gasteiger partial charge in [0.05, 0.1) is 18.8 Å². The average Bonchev–Trinajstić information content (AvgIpc) is 2.66. The van der Waals surface area contributed by atoms with E-state index in [0.29, 0.717) is 6.61 Å². The first-order valence-corrected chi connectivity index (χ1v) is 9.30. The Morgan fingerprint density at radius 2 is 1.83 bits per heavy atom. The molecule has 8 N–H and O–H groups in total. The zero-order valence-corrected chi connectivity index (χ0v) is 17.2. The van der Waals surface area contributed by atoms with Crippen molar-refractivity contribution >= 4 is 17.2 Å². The Morgan fingerprint density at radius 3 is 2.34 bits per heavy atom. The van der Waals surface area contributed by atoms with Crippen molar-refractivity contribution in [3.63, 3.8) is 0 Å². The normalized spacial score (nSPS) is 18.6. The highest BCUT2D eigenvalue weighted by molar-refractivity contribution is 5.81. The van der Waals surface area contributed by atoms with Gasteiger partial charge in [-0.25, -0.2) is 0 Å². The van der Waals surface area contributed by atoms with Gasteiger partial charge in [0.25, 0.3) is 0 Å². The quantitative estimate of drug-likeness (QED) is 0.318. The number of nitrogens with two attached hydrogens (primary N) is 1. The number of anilines is 1. The first kappa shape index (κ1) is 24.9. The second kappa shape index (κ2) is 10.6. The number of nitrogens with one attached hydrogen (secondary N) is 1. The van der Waals surface area contributed by atoms with Gasteiger partial charge in [-0.3, -0.25) is 4.79 Å². The van der Waals surface area contributed by atoms with Gasteiger partial charge in [-0.1, -0.05) is 6.08 Å². The van der Waals surface area contributed by atoms with Crippen LogP contribution < -0.4 is 15.8 Å². The van der Waals surface area contributed by atoms with Crippen LogP contribution in [-0.2, 0) is 4.79 Å². The Hall–Kier alpha value is -2.17. The average molecular weight is 412 g/mol. The largest absolute Gasteiger partial charge is 0.494 e. The van der Waals surface area contributed by atoms with Gasteiger partial charge in [-0.2, -0.15) is 0 Å². The third-order valence-corrected chi connectivity index (χ3v) is 4.31. The topological polar surface area (TPSA) is 166 Å². The second-order valence-corrected chi connectivity index (χ2v) is 7.39. The number of primary amides is 1. The van der Waals surface area contributed by atoms with E-state index in [1.165, 1.54) is 16.8 Å². The molecule has 0 aromatic heterocycles. The van der Waals surface area contributed by atoms with Crippen LogP contribution in [0.4, 0.5) is 5.69 Å². The first-order valence-electron chi connectivity index (χ1n) is 9.30. The lowest BCUT2D eigenvalue weighted by atomic mass is 9.91. The lowest BCUT2D eigenvalue weighted by Gasteiger charge is -2.31. The lowest BCUT2D eigenvalue weighted by Crippen LogP contribution is -2.50. The van der Waals surface area contributed by atoms with E-state index >= 15 is 0 Å². The van der Waals surface area contributed by atoms with Crippen LogP contribution in [0.5, 0.6) is 5.75 Å². The molecule has 0 unspecified atom stereocenters. The summed E-state index contributed by atoms with van der Waals surface area (Å²) in [6.45, 7) is 8.41. The molecule has 1 amide bonds. The molecule has 9 heteroatoms. The van der Waals surface area contributed by atoms with Crippen LogP contribution in [0, 0.1) is 0 Å². The molecular formula is C20H32N2O7. The zero-order valence-electron chi connectivity index (χ0n) is 17.2. The van der Waals surface area contributed by atoms with Gasteiger partial charge in [-0.15, -0.1) is 0 Å². The Kier molecular flexibility index (Phi) is 9.06. The first-order chi connectivity index (χ1) is 13.4. The van der Waals surface area contributed by atoms with Crippen LogP contribution in [0.15, 0.2) is 24.3 Å². The summed E-state index contributed by atoms with van der Waals surface area (Å²) in [5, 5.41) is 47.5. The summed E-state index contributed by atoms with van der Waals surface area (Å²) in [6.07, 6.45) is -5.10. The van der Waals surface area contributed by atoms with E-state index in [-0.39, 0.29) is 5.54 Å². The number of amides is 1. The van der Waals surface area contributed by atoms with Gasteiger partial charge >= 0.3 is 0 Å². The smallest absolute Gasteiger partial charge is 0.249 e. The van der Waals surface area contributed by atoms with Crippen LogP contribution in [0.2, 0.25) is 0 Å². The van der Waals surface area contributed by atoms with Gasteiger partial charge in [0.1, 0.15) is 24.1 Å². The molecule has 1 heterocycles. The molecule has 1 aromatic rings. The molecule has 0 radical (unpaired) electrons. The highest BCUT2D eigenvalue weighted by Gasteiger charge is 2.32. The van der Waals surface area contributed by atoms with Crippen LogP contribution in [-0.4, -0.2) is 74.6 Å². The molecule has 0 spiro atoms. The van der Waals surface area contributed by atoms with Gasteiger partial charge in [-0.05, 0) is 51.5 Å². The Balaban J connectivity index is 0.000000298. The minimum Gasteiger partial charge on any atom is -0.494 e. The fourth-order valence-electron chi connectivity index (χ4n) is 2.91. The predicted molar refractivity (Wildman–Crippen MR) is 109 cm³/mol. The fraction of sp³-hybridized carbons (Fsp3) is 0.550. The molecule has 0 saturated carbocycles. The van der Waals surface area contributed by atoms with Gasteiger partial charge in [0.2, 0.25) is 5.91 Å². The Labute approximate surface area is 170 Å². The molecule has 1 aromatic carbocycles. The summed E-state index contributed by atoms with van der Waals surface area (Å²) in [6, 6.07) is 6.22. The van der Waals surface area contributed by atoms with Crippen molar-refractivity contribution in [1.82, 2.24) is 0 Å². The standard InChI is InChI=1S/C14H19NO.C6H13NO6/c1-5-16-11-6-7-13-12(8-11)10(2)9-14(3,4)15-13;7-6(13)5(12)4(11)3(10)2(9)1-8/h6-9,15H,5H2,1-4H3;2-5,8-12H,1H2,(H2,7,13)/t;2-,3-,4+,5-/m.1/s1. The fourth-order valence-corrected chi connectivity index (χ4v) is 2.91.